The highest BCUT2D eigenvalue weighted by atomic mass is 19.1. The fraction of sp³-hybridized carbons (Fsp3) is 0.167. The van der Waals surface area contributed by atoms with E-state index >= 15 is 0 Å². The van der Waals surface area contributed by atoms with Crippen LogP contribution >= 0.6 is 0 Å². The molecule has 0 unspecified atom stereocenters. The van der Waals surface area contributed by atoms with Crippen molar-refractivity contribution in [1.82, 2.24) is 15.0 Å². The summed E-state index contributed by atoms with van der Waals surface area (Å²) in [4.78, 5) is 12.9. The third-order valence-electron chi connectivity index (χ3n) is 3.47. The Balaban J connectivity index is 1.95. The SMILES string of the molecule is C[C@H](CO)Nc1nc(Nc2ccc(F)cc2)cc(-c2ccncc2)n1. The fourth-order valence-corrected chi connectivity index (χ4v) is 2.19. The Morgan fingerprint density at radius 3 is 2.48 bits per heavy atom. The molecule has 0 fully saturated rings. The zero-order valence-corrected chi connectivity index (χ0v) is 13.6. The smallest absolute Gasteiger partial charge is 0.225 e. The minimum atomic E-state index is -0.301. The molecule has 0 radical (unpaired) electrons. The molecule has 0 spiro atoms. The van der Waals surface area contributed by atoms with Gasteiger partial charge in [0.25, 0.3) is 0 Å². The number of aliphatic hydroxyl groups excluding tert-OH is 1. The Morgan fingerprint density at radius 1 is 1.08 bits per heavy atom. The van der Waals surface area contributed by atoms with Crippen molar-refractivity contribution in [2.24, 2.45) is 0 Å². The number of aliphatic hydroxyl groups is 1. The van der Waals surface area contributed by atoms with Crippen molar-refractivity contribution in [3.8, 4) is 11.3 Å². The first-order valence-electron chi connectivity index (χ1n) is 7.83. The Labute approximate surface area is 144 Å². The first-order chi connectivity index (χ1) is 12.1. The number of pyridine rings is 1. The summed E-state index contributed by atoms with van der Waals surface area (Å²) in [7, 11) is 0. The lowest BCUT2D eigenvalue weighted by Crippen LogP contribution is -2.21. The van der Waals surface area contributed by atoms with Gasteiger partial charge in [-0.1, -0.05) is 0 Å². The van der Waals surface area contributed by atoms with Gasteiger partial charge < -0.3 is 15.7 Å². The van der Waals surface area contributed by atoms with Gasteiger partial charge in [-0.05, 0) is 43.3 Å². The lowest BCUT2D eigenvalue weighted by molar-refractivity contribution is 0.281. The predicted octanol–water partition coefficient (Wildman–Crippen LogP) is 3.21. The average Bonchev–Trinajstić information content (AvgIpc) is 2.64. The van der Waals surface area contributed by atoms with Crippen molar-refractivity contribution < 1.29 is 9.50 Å². The summed E-state index contributed by atoms with van der Waals surface area (Å²) in [6.07, 6.45) is 3.38. The molecule has 3 aromatic rings. The number of rotatable bonds is 6. The normalized spacial score (nSPS) is 11.8. The van der Waals surface area contributed by atoms with Crippen LogP contribution in [0.3, 0.4) is 0 Å². The van der Waals surface area contributed by atoms with E-state index in [4.69, 9.17) is 0 Å². The Morgan fingerprint density at radius 2 is 1.80 bits per heavy atom. The second kappa shape index (κ2) is 7.67. The van der Waals surface area contributed by atoms with Gasteiger partial charge in [-0.15, -0.1) is 0 Å². The minimum absolute atomic E-state index is 0.0381. The second-order valence-corrected chi connectivity index (χ2v) is 5.56. The molecule has 1 atom stereocenters. The van der Waals surface area contributed by atoms with Crippen molar-refractivity contribution in [2.75, 3.05) is 17.2 Å². The summed E-state index contributed by atoms with van der Waals surface area (Å²) < 4.78 is 13.1. The molecule has 0 aliphatic carbocycles. The molecule has 0 amide bonds. The van der Waals surface area contributed by atoms with Crippen LogP contribution in [0.15, 0.2) is 54.9 Å². The number of benzene rings is 1. The van der Waals surface area contributed by atoms with Crippen LogP contribution in [0.4, 0.5) is 21.8 Å². The second-order valence-electron chi connectivity index (χ2n) is 5.56. The van der Waals surface area contributed by atoms with Gasteiger partial charge in [-0.3, -0.25) is 4.98 Å². The number of nitrogens with zero attached hydrogens (tertiary/aromatic N) is 3. The maximum absolute atomic E-state index is 13.1. The molecule has 1 aromatic carbocycles. The van der Waals surface area contributed by atoms with Gasteiger partial charge in [-0.2, -0.15) is 4.98 Å². The predicted molar refractivity (Wildman–Crippen MR) is 95.1 cm³/mol. The first kappa shape index (κ1) is 16.8. The molecular weight excluding hydrogens is 321 g/mol. The van der Waals surface area contributed by atoms with Crippen LogP contribution in [0, 0.1) is 5.82 Å². The summed E-state index contributed by atoms with van der Waals surface area (Å²) in [5.74, 6) is 0.645. The molecule has 0 aliphatic rings. The fourth-order valence-electron chi connectivity index (χ4n) is 2.19. The van der Waals surface area contributed by atoms with Gasteiger partial charge in [0.1, 0.15) is 11.6 Å². The first-order valence-corrected chi connectivity index (χ1v) is 7.83. The lowest BCUT2D eigenvalue weighted by Gasteiger charge is -2.14. The van der Waals surface area contributed by atoms with Gasteiger partial charge in [0.15, 0.2) is 0 Å². The number of halogens is 1. The maximum atomic E-state index is 13.1. The standard InChI is InChI=1S/C18H18FN5O/c1-12(11-25)21-18-23-16(13-6-8-20-9-7-13)10-17(24-18)22-15-4-2-14(19)3-5-15/h2-10,12,25H,11H2,1H3,(H2,21,22,23,24)/t12-/m1/s1. The van der Waals surface area contributed by atoms with Crippen molar-refractivity contribution in [3.63, 3.8) is 0 Å². The van der Waals surface area contributed by atoms with Crippen molar-refractivity contribution in [1.29, 1.82) is 0 Å². The molecule has 0 aliphatic heterocycles. The third kappa shape index (κ3) is 4.48. The summed E-state index contributed by atoms with van der Waals surface area (Å²) in [5.41, 5.74) is 2.30. The highest BCUT2D eigenvalue weighted by molar-refractivity contribution is 5.67. The molecule has 2 aromatic heterocycles. The Hall–Kier alpha value is -3.06. The minimum Gasteiger partial charge on any atom is -0.394 e. The maximum Gasteiger partial charge on any atom is 0.225 e. The summed E-state index contributed by atoms with van der Waals surface area (Å²) in [6.45, 7) is 1.79. The van der Waals surface area contributed by atoms with E-state index in [0.29, 0.717) is 23.1 Å². The number of hydrogen-bond acceptors (Lipinski definition) is 6. The molecule has 3 N–H and O–H groups in total. The molecule has 25 heavy (non-hydrogen) atoms. The number of anilines is 3. The van der Waals surface area contributed by atoms with Crippen LogP contribution in [0.25, 0.3) is 11.3 Å². The van der Waals surface area contributed by atoms with Gasteiger partial charge >= 0.3 is 0 Å². The van der Waals surface area contributed by atoms with Crippen LogP contribution in [0.1, 0.15) is 6.92 Å². The molecule has 2 heterocycles. The van der Waals surface area contributed by atoms with Gasteiger partial charge in [0.05, 0.1) is 12.3 Å². The van der Waals surface area contributed by atoms with E-state index in [9.17, 15) is 9.50 Å². The van der Waals surface area contributed by atoms with E-state index in [1.165, 1.54) is 12.1 Å². The molecule has 0 saturated carbocycles. The lowest BCUT2D eigenvalue weighted by atomic mass is 10.2. The van der Waals surface area contributed by atoms with Crippen molar-refractivity contribution in [3.05, 3.63) is 60.7 Å². The molecule has 0 saturated heterocycles. The van der Waals surface area contributed by atoms with E-state index in [1.54, 1.807) is 30.6 Å². The zero-order valence-electron chi connectivity index (χ0n) is 13.6. The highest BCUT2D eigenvalue weighted by Crippen LogP contribution is 2.23. The van der Waals surface area contributed by atoms with Crippen LogP contribution in [0.2, 0.25) is 0 Å². The summed E-state index contributed by atoms with van der Waals surface area (Å²) in [5, 5.41) is 15.4. The molecular formula is C18H18FN5O. The molecule has 3 rings (SSSR count). The van der Waals surface area contributed by atoms with Crippen molar-refractivity contribution in [2.45, 2.75) is 13.0 Å². The number of hydrogen-bond donors (Lipinski definition) is 3. The van der Waals surface area contributed by atoms with Gasteiger partial charge in [0, 0.05) is 35.8 Å². The Bertz CT molecular complexity index is 827. The van der Waals surface area contributed by atoms with E-state index in [0.717, 1.165) is 5.56 Å². The van der Waals surface area contributed by atoms with Gasteiger partial charge in [-0.25, -0.2) is 9.37 Å². The van der Waals surface area contributed by atoms with Crippen LogP contribution in [-0.4, -0.2) is 32.7 Å². The van der Waals surface area contributed by atoms with E-state index < -0.39 is 0 Å². The van der Waals surface area contributed by atoms with E-state index in [2.05, 4.69) is 25.6 Å². The molecule has 6 nitrogen and oxygen atoms in total. The van der Waals surface area contributed by atoms with Crippen LogP contribution in [0.5, 0.6) is 0 Å². The van der Waals surface area contributed by atoms with Crippen LogP contribution in [-0.2, 0) is 0 Å². The summed E-state index contributed by atoms with van der Waals surface area (Å²) >= 11 is 0. The van der Waals surface area contributed by atoms with Gasteiger partial charge in [0.2, 0.25) is 5.95 Å². The highest BCUT2D eigenvalue weighted by Gasteiger charge is 2.09. The average molecular weight is 339 g/mol. The van der Waals surface area contributed by atoms with E-state index in [-0.39, 0.29) is 18.5 Å². The summed E-state index contributed by atoms with van der Waals surface area (Å²) in [6, 6.07) is 11.3. The van der Waals surface area contributed by atoms with E-state index in [1.807, 2.05) is 19.1 Å². The monoisotopic (exact) mass is 339 g/mol. The molecule has 0 bridgehead atoms. The van der Waals surface area contributed by atoms with Crippen LogP contribution < -0.4 is 10.6 Å². The largest absolute Gasteiger partial charge is 0.394 e. The number of nitrogens with one attached hydrogen (secondary N) is 2. The number of aromatic nitrogens is 3. The quantitative estimate of drug-likeness (QED) is 0.640. The topological polar surface area (TPSA) is 83.0 Å². The third-order valence-corrected chi connectivity index (χ3v) is 3.47. The molecule has 128 valence electrons. The van der Waals surface area contributed by atoms with Crippen molar-refractivity contribution >= 4 is 17.5 Å². The Kier molecular flexibility index (Phi) is 5.15. The zero-order chi connectivity index (χ0) is 17.6. The molecule has 7 heteroatoms.